The van der Waals surface area contributed by atoms with Gasteiger partial charge < -0.3 is 9.47 Å². The molecule has 1 aliphatic rings. The number of rotatable bonds is 6. The maximum absolute atomic E-state index is 5.57. The van der Waals surface area contributed by atoms with Crippen LogP contribution < -0.4 is 0 Å². The van der Waals surface area contributed by atoms with Gasteiger partial charge in [-0.2, -0.15) is 0 Å². The first-order chi connectivity index (χ1) is 11.8. The first kappa shape index (κ1) is 16.5. The normalized spacial score (nSPS) is 15.8. The summed E-state index contributed by atoms with van der Waals surface area (Å²) in [6, 6.07) is 8.76. The molecule has 0 N–H and O–H groups in total. The fourth-order valence-corrected chi connectivity index (χ4v) is 6.86. The summed E-state index contributed by atoms with van der Waals surface area (Å²) in [7, 11) is 3.59. The zero-order chi connectivity index (χ0) is 16.6. The molecule has 3 aromatic rings. The number of thiophene rings is 3. The number of ether oxygens (including phenoxy) is 2. The predicted molar refractivity (Wildman–Crippen MR) is 105 cm³/mol. The third-order valence-electron chi connectivity index (χ3n) is 4.61. The topological polar surface area (TPSA) is 18.5 Å². The van der Waals surface area contributed by atoms with E-state index in [4.69, 9.17) is 9.47 Å². The van der Waals surface area contributed by atoms with Crippen LogP contribution in [-0.4, -0.2) is 27.4 Å². The van der Waals surface area contributed by atoms with Crippen molar-refractivity contribution in [3.05, 3.63) is 46.2 Å². The maximum Gasteiger partial charge on any atom is 0.0547 e. The summed E-state index contributed by atoms with van der Waals surface area (Å²) in [6.45, 7) is 1.49. The molecular weight excluding hydrogens is 356 g/mol. The van der Waals surface area contributed by atoms with Crippen molar-refractivity contribution in [1.82, 2.24) is 0 Å². The van der Waals surface area contributed by atoms with Crippen LogP contribution in [0.25, 0.3) is 19.5 Å². The molecule has 0 unspecified atom stereocenters. The van der Waals surface area contributed by atoms with E-state index in [9.17, 15) is 0 Å². The van der Waals surface area contributed by atoms with Gasteiger partial charge in [0.15, 0.2) is 0 Å². The zero-order valence-electron chi connectivity index (χ0n) is 13.8. The van der Waals surface area contributed by atoms with Crippen LogP contribution >= 0.6 is 34.0 Å². The van der Waals surface area contributed by atoms with Crippen molar-refractivity contribution < 1.29 is 9.47 Å². The van der Waals surface area contributed by atoms with E-state index in [1.54, 1.807) is 14.2 Å². The van der Waals surface area contributed by atoms with Gasteiger partial charge >= 0.3 is 0 Å². The van der Waals surface area contributed by atoms with E-state index in [2.05, 4.69) is 35.0 Å². The second-order valence-corrected chi connectivity index (χ2v) is 9.31. The van der Waals surface area contributed by atoms with E-state index < -0.39 is 0 Å². The number of hydrogen-bond donors (Lipinski definition) is 0. The van der Waals surface area contributed by atoms with Crippen LogP contribution in [0, 0.1) is 5.41 Å². The second kappa shape index (κ2) is 6.73. The van der Waals surface area contributed by atoms with Crippen LogP contribution in [0.3, 0.4) is 0 Å². The average Bonchev–Trinajstić information content (AvgIpc) is 3.32. The van der Waals surface area contributed by atoms with Crippen LogP contribution in [0.2, 0.25) is 0 Å². The zero-order valence-corrected chi connectivity index (χ0v) is 16.3. The molecule has 3 aromatic heterocycles. The first-order valence-electron chi connectivity index (χ1n) is 7.96. The largest absolute Gasteiger partial charge is 0.384 e. The minimum atomic E-state index is 0.0696. The molecule has 24 heavy (non-hydrogen) atoms. The third kappa shape index (κ3) is 2.78. The van der Waals surface area contributed by atoms with Crippen LogP contribution in [0.4, 0.5) is 0 Å². The third-order valence-corrected chi connectivity index (χ3v) is 7.99. The van der Waals surface area contributed by atoms with Crippen LogP contribution in [-0.2, 0) is 22.3 Å². The quantitative estimate of drug-likeness (QED) is 0.559. The number of methoxy groups -OCH3 is 2. The van der Waals surface area contributed by atoms with Gasteiger partial charge in [0.1, 0.15) is 0 Å². The molecule has 0 aromatic carbocycles. The Bertz CT molecular complexity index is 733. The smallest absolute Gasteiger partial charge is 0.0547 e. The fraction of sp³-hybridized carbons (Fsp3) is 0.368. The lowest BCUT2D eigenvalue weighted by Crippen LogP contribution is -2.32. The predicted octanol–water partition coefficient (Wildman–Crippen LogP) is 5.58. The molecule has 0 spiro atoms. The Hall–Kier alpha value is -0.980. The van der Waals surface area contributed by atoms with Crippen molar-refractivity contribution in [1.29, 1.82) is 0 Å². The molecule has 3 heterocycles. The highest BCUT2D eigenvalue weighted by Crippen LogP contribution is 2.52. The van der Waals surface area contributed by atoms with Crippen molar-refractivity contribution in [2.45, 2.75) is 12.8 Å². The van der Waals surface area contributed by atoms with E-state index >= 15 is 0 Å². The molecule has 2 nitrogen and oxygen atoms in total. The Morgan fingerprint density at radius 3 is 1.75 bits per heavy atom. The van der Waals surface area contributed by atoms with Gasteiger partial charge in [0.25, 0.3) is 0 Å². The fourth-order valence-electron chi connectivity index (χ4n) is 3.76. The van der Waals surface area contributed by atoms with Gasteiger partial charge in [-0.25, -0.2) is 0 Å². The average molecular weight is 377 g/mol. The standard InChI is InChI=1S/C19H20O2S3/c1-20-11-19(12-21-2)9-13-14(10-19)18(16-6-4-8-23-16)24-17(13)15-5-3-7-22-15/h3-8H,9-12H2,1-2H3. The maximum atomic E-state index is 5.57. The molecule has 1 aliphatic carbocycles. The minimum Gasteiger partial charge on any atom is -0.384 e. The van der Waals surface area contributed by atoms with E-state index in [1.165, 1.54) is 30.6 Å². The molecular formula is C19H20O2S3. The molecule has 0 aliphatic heterocycles. The molecule has 0 saturated carbocycles. The lowest BCUT2D eigenvalue weighted by molar-refractivity contribution is 0.0169. The molecule has 0 amide bonds. The Labute approximate surface area is 154 Å². The van der Waals surface area contributed by atoms with Crippen LogP contribution in [0.5, 0.6) is 0 Å². The molecule has 0 saturated heterocycles. The van der Waals surface area contributed by atoms with Gasteiger partial charge in [-0.15, -0.1) is 34.0 Å². The molecule has 0 atom stereocenters. The highest BCUT2D eigenvalue weighted by atomic mass is 32.1. The summed E-state index contributed by atoms with van der Waals surface area (Å²) < 4.78 is 11.1. The Morgan fingerprint density at radius 1 is 0.875 bits per heavy atom. The molecule has 0 fully saturated rings. The summed E-state index contributed by atoms with van der Waals surface area (Å²) in [6.07, 6.45) is 2.08. The summed E-state index contributed by atoms with van der Waals surface area (Å²) in [4.78, 5) is 5.64. The Kier molecular flexibility index (Phi) is 4.62. The van der Waals surface area contributed by atoms with Gasteiger partial charge in [-0.1, -0.05) is 12.1 Å². The molecule has 0 radical (unpaired) electrons. The SMILES string of the molecule is COCC1(COC)Cc2c(-c3cccs3)sc(-c3cccs3)c2C1. The van der Waals surface area contributed by atoms with Gasteiger partial charge in [-0.05, 0) is 46.9 Å². The summed E-state index contributed by atoms with van der Waals surface area (Å²) in [5.41, 5.74) is 3.10. The molecule has 126 valence electrons. The molecule has 0 bridgehead atoms. The van der Waals surface area contributed by atoms with Crippen molar-refractivity contribution in [2.24, 2.45) is 5.41 Å². The first-order valence-corrected chi connectivity index (χ1v) is 10.5. The Morgan fingerprint density at radius 2 is 1.38 bits per heavy atom. The minimum absolute atomic E-state index is 0.0696. The van der Waals surface area contributed by atoms with E-state index in [0.717, 1.165) is 26.1 Å². The highest BCUT2D eigenvalue weighted by Gasteiger charge is 2.41. The monoisotopic (exact) mass is 376 g/mol. The highest BCUT2D eigenvalue weighted by molar-refractivity contribution is 7.26. The summed E-state index contributed by atoms with van der Waals surface area (Å²) in [5, 5.41) is 4.33. The van der Waals surface area contributed by atoms with Gasteiger partial charge in [0, 0.05) is 39.1 Å². The van der Waals surface area contributed by atoms with Gasteiger partial charge in [0.2, 0.25) is 0 Å². The Balaban J connectivity index is 1.83. The van der Waals surface area contributed by atoms with E-state index in [1.807, 2.05) is 34.0 Å². The van der Waals surface area contributed by atoms with E-state index in [-0.39, 0.29) is 5.41 Å². The number of fused-ring (bicyclic) bond motifs is 1. The van der Waals surface area contributed by atoms with Gasteiger partial charge in [0.05, 0.1) is 13.2 Å². The van der Waals surface area contributed by atoms with Gasteiger partial charge in [-0.3, -0.25) is 0 Å². The van der Waals surface area contributed by atoms with Crippen molar-refractivity contribution >= 4 is 34.0 Å². The lowest BCUT2D eigenvalue weighted by Gasteiger charge is -2.27. The number of hydrogen-bond acceptors (Lipinski definition) is 5. The summed E-state index contributed by atoms with van der Waals surface area (Å²) in [5.74, 6) is 0. The lowest BCUT2D eigenvalue weighted by atomic mass is 9.86. The molecule has 4 rings (SSSR count). The van der Waals surface area contributed by atoms with Crippen LogP contribution in [0.1, 0.15) is 11.1 Å². The molecule has 5 heteroatoms. The summed E-state index contributed by atoms with van der Waals surface area (Å²) >= 11 is 5.62. The second-order valence-electron chi connectivity index (χ2n) is 6.39. The van der Waals surface area contributed by atoms with Crippen LogP contribution in [0.15, 0.2) is 35.0 Å². The van der Waals surface area contributed by atoms with Crippen molar-refractivity contribution in [3.63, 3.8) is 0 Å². The van der Waals surface area contributed by atoms with Crippen molar-refractivity contribution in [2.75, 3.05) is 27.4 Å². The van der Waals surface area contributed by atoms with Crippen molar-refractivity contribution in [3.8, 4) is 19.5 Å². The van der Waals surface area contributed by atoms with E-state index in [0.29, 0.717) is 0 Å².